The summed E-state index contributed by atoms with van der Waals surface area (Å²) in [5.74, 6) is -1.97. The number of hydrogen-bond donors (Lipinski definition) is 0. The maximum Gasteiger partial charge on any atom is 0.325 e. The summed E-state index contributed by atoms with van der Waals surface area (Å²) < 4.78 is 22.9. The van der Waals surface area contributed by atoms with Crippen LogP contribution in [0, 0.1) is 17.1 Å². The van der Waals surface area contributed by atoms with E-state index in [0.29, 0.717) is 0 Å². The third kappa shape index (κ3) is 3.95. The second-order valence-electron chi connectivity index (χ2n) is 3.79. The van der Waals surface area contributed by atoms with Gasteiger partial charge in [-0.25, -0.2) is 4.39 Å². The summed E-state index contributed by atoms with van der Waals surface area (Å²) in [6.45, 7) is -0.622. The van der Waals surface area contributed by atoms with Crippen molar-refractivity contribution < 1.29 is 23.5 Å². The van der Waals surface area contributed by atoms with Crippen LogP contribution in [0.4, 0.5) is 10.1 Å². The monoisotopic (exact) mass is 280 g/mol. The van der Waals surface area contributed by atoms with Crippen LogP contribution >= 0.6 is 0 Å². The van der Waals surface area contributed by atoms with Crippen LogP contribution < -0.4 is 4.90 Å². The van der Waals surface area contributed by atoms with Crippen LogP contribution in [0.15, 0.2) is 18.2 Å². The number of ether oxygens (including phenoxy) is 2. The van der Waals surface area contributed by atoms with Gasteiger partial charge in [0.15, 0.2) is 0 Å². The summed E-state index contributed by atoms with van der Waals surface area (Å²) in [4.78, 5) is 23.8. The zero-order chi connectivity index (χ0) is 15.1. The van der Waals surface area contributed by atoms with E-state index in [-0.39, 0.29) is 24.3 Å². The van der Waals surface area contributed by atoms with E-state index in [2.05, 4.69) is 9.47 Å². The molecular formula is C13H13FN2O4. The van der Waals surface area contributed by atoms with Crippen molar-refractivity contribution in [2.75, 3.05) is 32.2 Å². The third-order valence-electron chi connectivity index (χ3n) is 2.51. The Morgan fingerprint density at radius 2 is 1.80 bits per heavy atom. The SMILES string of the molecule is COC(=O)CN(CC(=O)OC)c1ccc(C#N)cc1F. The first-order chi connectivity index (χ1) is 9.51. The second kappa shape index (κ2) is 7.09. The van der Waals surface area contributed by atoms with Gasteiger partial charge in [-0.1, -0.05) is 0 Å². The molecule has 0 unspecified atom stereocenters. The second-order valence-corrected chi connectivity index (χ2v) is 3.79. The number of anilines is 1. The molecule has 0 saturated heterocycles. The van der Waals surface area contributed by atoms with Crippen molar-refractivity contribution in [3.05, 3.63) is 29.6 Å². The number of rotatable bonds is 5. The normalized spacial score (nSPS) is 9.50. The highest BCUT2D eigenvalue weighted by atomic mass is 19.1. The molecule has 1 aromatic rings. The number of hydrogen-bond acceptors (Lipinski definition) is 6. The van der Waals surface area contributed by atoms with Gasteiger partial charge in [0, 0.05) is 0 Å². The molecule has 20 heavy (non-hydrogen) atoms. The Kier molecular flexibility index (Phi) is 5.47. The number of nitriles is 1. The van der Waals surface area contributed by atoms with Gasteiger partial charge in [0.2, 0.25) is 0 Å². The minimum atomic E-state index is -0.711. The van der Waals surface area contributed by atoms with Gasteiger partial charge in [-0.05, 0) is 18.2 Å². The van der Waals surface area contributed by atoms with Gasteiger partial charge in [-0.3, -0.25) is 9.59 Å². The summed E-state index contributed by atoms with van der Waals surface area (Å²) in [5, 5.41) is 8.68. The van der Waals surface area contributed by atoms with Crippen LogP contribution in [0.1, 0.15) is 5.56 Å². The lowest BCUT2D eigenvalue weighted by molar-refractivity contribution is -0.140. The molecule has 0 spiro atoms. The highest BCUT2D eigenvalue weighted by Crippen LogP contribution is 2.20. The molecule has 106 valence electrons. The molecule has 7 heteroatoms. The molecule has 0 N–H and O–H groups in total. The first-order valence-corrected chi connectivity index (χ1v) is 5.60. The van der Waals surface area contributed by atoms with Crippen LogP contribution in [0.2, 0.25) is 0 Å². The Morgan fingerprint density at radius 1 is 1.25 bits per heavy atom. The number of esters is 2. The predicted octanol–water partition coefficient (Wildman–Crippen LogP) is 0.850. The number of carbonyl (C=O) groups is 2. The highest BCUT2D eigenvalue weighted by molar-refractivity contribution is 5.81. The van der Waals surface area contributed by atoms with Crippen molar-refractivity contribution in [2.45, 2.75) is 0 Å². The average Bonchev–Trinajstić information content (AvgIpc) is 2.45. The number of carbonyl (C=O) groups excluding carboxylic acids is 2. The van der Waals surface area contributed by atoms with Gasteiger partial charge in [-0.15, -0.1) is 0 Å². The van der Waals surface area contributed by atoms with Crippen LogP contribution in [0.5, 0.6) is 0 Å². The smallest absolute Gasteiger partial charge is 0.325 e. The lowest BCUT2D eigenvalue weighted by atomic mass is 10.2. The van der Waals surface area contributed by atoms with E-state index in [9.17, 15) is 14.0 Å². The molecule has 6 nitrogen and oxygen atoms in total. The third-order valence-corrected chi connectivity index (χ3v) is 2.51. The Labute approximate surface area is 115 Å². The molecule has 0 radical (unpaired) electrons. The van der Waals surface area contributed by atoms with Crippen LogP contribution in [-0.4, -0.2) is 39.2 Å². The fourth-order valence-electron chi connectivity index (χ4n) is 1.50. The molecule has 0 aliphatic carbocycles. The fraction of sp³-hybridized carbons (Fsp3) is 0.308. The van der Waals surface area contributed by atoms with E-state index < -0.39 is 17.8 Å². The molecule has 0 aliphatic heterocycles. The molecule has 0 fully saturated rings. The highest BCUT2D eigenvalue weighted by Gasteiger charge is 2.19. The number of benzene rings is 1. The zero-order valence-corrected chi connectivity index (χ0v) is 11.1. The van der Waals surface area contributed by atoms with Gasteiger partial charge in [0.05, 0.1) is 31.5 Å². The van der Waals surface area contributed by atoms with Crippen molar-refractivity contribution in [1.29, 1.82) is 5.26 Å². The Hall–Kier alpha value is -2.62. The maximum absolute atomic E-state index is 13.9. The van der Waals surface area contributed by atoms with E-state index in [1.165, 1.54) is 31.3 Å². The zero-order valence-electron chi connectivity index (χ0n) is 11.1. The first-order valence-electron chi connectivity index (χ1n) is 5.60. The summed E-state index contributed by atoms with van der Waals surface area (Å²) in [7, 11) is 2.38. The van der Waals surface area contributed by atoms with Crippen LogP contribution in [0.25, 0.3) is 0 Å². The molecule has 0 aliphatic rings. The largest absolute Gasteiger partial charge is 0.468 e. The van der Waals surface area contributed by atoms with Gasteiger partial charge in [0.25, 0.3) is 0 Å². The summed E-state index contributed by atoms with van der Waals surface area (Å²) in [5.41, 5.74) is 0.155. The van der Waals surface area contributed by atoms with Crippen molar-refractivity contribution >= 4 is 17.6 Å². The standard InChI is InChI=1S/C13H13FN2O4/c1-19-12(17)7-16(8-13(18)20-2)11-4-3-9(6-15)5-10(11)14/h3-5H,7-8H2,1-2H3. The average molecular weight is 280 g/mol. The summed E-state index contributed by atoms with van der Waals surface area (Å²) >= 11 is 0. The number of halogens is 1. The molecule has 0 atom stereocenters. The molecule has 1 rings (SSSR count). The van der Waals surface area contributed by atoms with Crippen molar-refractivity contribution in [2.24, 2.45) is 0 Å². The molecule has 0 aromatic heterocycles. The van der Waals surface area contributed by atoms with Crippen molar-refractivity contribution in [3.8, 4) is 6.07 Å². The van der Waals surface area contributed by atoms with E-state index in [4.69, 9.17) is 5.26 Å². The minimum absolute atomic E-state index is 0.0137. The van der Waals surface area contributed by atoms with Gasteiger partial charge >= 0.3 is 11.9 Å². The molecule has 0 bridgehead atoms. The molecule has 1 aromatic carbocycles. The van der Waals surface area contributed by atoms with E-state index in [1.807, 2.05) is 0 Å². The van der Waals surface area contributed by atoms with Gasteiger partial charge in [-0.2, -0.15) is 5.26 Å². The summed E-state index contributed by atoms with van der Waals surface area (Å²) in [6, 6.07) is 5.53. The van der Waals surface area contributed by atoms with Crippen molar-refractivity contribution in [1.82, 2.24) is 0 Å². The molecule has 0 saturated carbocycles. The lowest BCUT2D eigenvalue weighted by Gasteiger charge is -2.22. The quantitative estimate of drug-likeness (QED) is 0.744. The predicted molar refractivity (Wildman–Crippen MR) is 67.4 cm³/mol. The lowest BCUT2D eigenvalue weighted by Crippen LogP contribution is -2.36. The Bertz CT molecular complexity index is 536. The Balaban J connectivity index is 3.06. The molecular weight excluding hydrogens is 267 g/mol. The minimum Gasteiger partial charge on any atom is -0.468 e. The van der Waals surface area contributed by atoms with E-state index in [1.54, 1.807) is 6.07 Å². The van der Waals surface area contributed by atoms with E-state index >= 15 is 0 Å². The van der Waals surface area contributed by atoms with Gasteiger partial charge in [0.1, 0.15) is 18.9 Å². The first kappa shape index (κ1) is 15.4. The number of nitrogens with zero attached hydrogens (tertiary/aromatic N) is 2. The van der Waals surface area contributed by atoms with Crippen LogP contribution in [0.3, 0.4) is 0 Å². The molecule has 0 amide bonds. The molecule has 0 heterocycles. The fourth-order valence-corrected chi connectivity index (χ4v) is 1.50. The van der Waals surface area contributed by atoms with E-state index in [0.717, 1.165) is 6.07 Å². The van der Waals surface area contributed by atoms with Crippen LogP contribution in [-0.2, 0) is 19.1 Å². The van der Waals surface area contributed by atoms with Gasteiger partial charge < -0.3 is 14.4 Å². The Morgan fingerprint density at radius 3 is 2.20 bits per heavy atom. The number of methoxy groups -OCH3 is 2. The maximum atomic E-state index is 13.9. The summed E-state index contributed by atoms with van der Waals surface area (Å²) in [6.07, 6.45) is 0. The topological polar surface area (TPSA) is 79.6 Å². The van der Waals surface area contributed by atoms with Crippen molar-refractivity contribution in [3.63, 3.8) is 0 Å².